The van der Waals surface area contributed by atoms with E-state index in [1.165, 1.54) is 31.3 Å². The molecule has 3 fully saturated rings. The van der Waals surface area contributed by atoms with Crippen molar-refractivity contribution in [1.29, 1.82) is 0 Å². The molecule has 0 aromatic carbocycles. The highest BCUT2D eigenvalue weighted by molar-refractivity contribution is 7.80. The van der Waals surface area contributed by atoms with Crippen LogP contribution in [0.4, 0.5) is 0 Å². The van der Waals surface area contributed by atoms with Crippen LogP contribution in [0.1, 0.15) is 86.0 Å². The summed E-state index contributed by atoms with van der Waals surface area (Å²) >= 11 is 0. The lowest BCUT2D eigenvalue weighted by molar-refractivity contribution is 0.112. The first-order valence-corrected chi connectivity index (χ1v) is 14.2. The summed E-state index contributed by atoms with van der Waals surface area (Å²) in [6.07, 6.45) is 16.8. The molecule has 0 heterocycles. The van der Waals surface area contributed by atoms with Crippen LogP contribution in [0.25, 0.3) is 0 Å². The van der Waals surface area contributed by atoms with Crippen LogP contribution >= 0.6 is 0 Å². The van der Waals surface area contributed by atoms with Crippen molar-refractivity contribution in [2.75, 3.05) is 0 Å². The smallest absolute Gasteiger partial charge is 0.264 e. The van der Waals surface area contributed by atoms with Crippen LogP contribution < -0.4 is 0 Å². The molecule has 186 valence electrons. The zero-order chi connectivity index (χ0) is 24.4. The molecular formula is C28H44O4S. The van der Waals surface area contributed by atoms with Gasteiger partial charge >= 0.3 is 10.4 Å². The van der Waals surface area contributed by atoms with Gasteiger partial charge in [0.15, 0.2) is 0 Å². The molecule has 0 aromatic rings. The van der Waals surface area contributed by atoms with Gasteiger partial charge in [-0.2, -0.15) is 8.42 Å². The minimum absolute atomic E-state index is 0.341. The number of rotatable bonds is 7. The third-order valence-electron chi connectivity index (χ3n) is 8.87. The molecule has 5 heteroatoms. The van der Waals surface area contributed by atoms with Crippen molar-refractivity contribution < 1.29 is 17.2 Å². The summed E-state index contributed by atoms with van der Waals surface area (Å²) in [6, 6.07) is 0. The minimum Gasteiger partial charge on any atom is -0.264 e. The SMILES string of the molecule is C=C1CC[C@H](OS(=O)(=O)O)CC1=C/C=C1\CCC[C@]2(C)[C@@H]([C@H](C)/C=C/[C@H](C)C(C)C)CC[C@@H]12. The molecule has 6 atom stereocenters. The van der Waals surface area contributed by atoms with E-state index in [1.807, 2.05) is 0 Å². The molecule has 33 heavy (non-hydrogen) atoms. The summed E-state index contributed by atoms with van der Waals surface area (Å²) in [4.78, 5) is 0. The highest BCUT2D eigenvalue weighted by Crippen LogP contribution is 2.59. The summed E-state index contributed by atoms with van der Waals surface area (Å²) in [5.41, 5.74) is 3.97. The molecule has 3 saturated carbocycles. The number of hydrogen-bond donors (Lipinski definition) is 1. The van der Waals surface area contributed by atoms with Crippen LogP contribution in [0.5, 0.6) is 0 Å². The van der Waals surface area contributed by atoms with Gasteiger partial charge in [-0.15, -0.1) is 0 Å². The van der Waals surface area contributed by atoms with Crippen LogP contribution in [-0.4, -0.2) is 19.1 Å². The number of fused-ring (bicyclic) bond motifs is 1. The fourth-order valence-corrected chi connectivity index (χ4v) is 6.99. The molecule has 0 aromatic heterocycles. The van der Waals surface area contributed by atoms with Gasteiger partial charge in [-0.05, 0) is 85.5 Å². The lowest BCUT2D eigenvalue weighted by Crippen LogP contribution is -2.35. The van der Waals surface area contributed by atoms with E-state index in [4.69, 9.17) is 8.74 Å². The van der Waals surface area contributed by atoms with Crippen LogP contribution in [-0.2, 0) is 14.6 Å². The van der Waals surface area contributed by atoms with Gasteiger partial charge in [0.2, 0.25) is 0 Å². The van der Waals surface area contributed by atoms with Crippen LogP contribution in [0, 0.1) is 35.0 Å². The molecule has 3 aliphatic rings. The van der Waals surface area contributed by atoms with E-state index in [9.17, 15) is 8.42 Å². The summed E-state index contributed by atoms with van der Waals surface area (Å²) in [6.45, 7) is 16.0. The maximum absolute atomic E-state index is 11.1. The zero-order valence-corrected chi connectivity index (χ0v) is 22.0. The van der Waals surface area contributed by atoms with Gasteiger partial charge in [0.1, 0.15) is 0 Å². The van der Waals surface area contributed by atoms with Gasteiger partial charge in [-0.25, -0.2) is 4.18 Å². The number of hydrogen-bond acceptors (Lipinski definition) is 3. The molecular weight excluding hydrogens is 432 g/mol. The normalized spacial score (nSPS) is 35.5. The summed E-state index contributed by atoms with van der Waals surface area (Å²) in [7, 11) is -4.43. The maximum Gasteiger partial charge on any atom is 0.397 e. The van der Waals surface area contributed by atoms with Crippen LogP contribution in [0.15, 0.2) is 47.6 Å². The Hall–Kier alpha value is -1.17. The maximum atomic E-state index is 11.1. The fraction of sp³-hybridized carbons (Fsp3) is 0.714. The van der Waals surface area contributed by atoms with Crippen molar-refractivity contribution >= 4 is 10.4 Å². The van der Waals surface area contributed by atoms with E-state index in [1.54, 1.807) is 0 Å². The Morgan fingerprint density at radius 3 is 2.48 bits per heavy atom. The highest BCUT2D eigenvalue weighted by Gasteiger charge is 2.50. The van der Waals surface area contributed by atoms with Crippen molar-refractivity contribution in [1.82, 2.24) is 0 Å². The molecule has 0 spiro atoms. The zero-order valence-electron chi connectivity index (χ0n) is 21.2. The average molecular weight is 477 g/mol. The van der Waals surface area contributed by atoms with E-state index in [0.717, 1.165) is 17.6 Å². The Kier molecular flexibility index (Phi) is 8.51. The van der Waals surface area contributed by atoms with E-state index in [-0.39, 0.29) is 0 Å². The van der Waals surface area contributed by atoms with Crippen molar-refractivity contribution in [2.45, 2.75) is 92.1 Å². The predicted octanol–water partition coefficient (Wildman–Crippen LogP) is 7.47. The minimum atomic E-state index is -4.43. The monoisotopic (exact) mass is 476 g/mol. The van der Waals surface area contributed by atoms with Gasteiger partial charge in [0.25, 0.3) is 0 Å². The second kappa shape index (κ2) is 10.6. The third-order valence-corrected chi connectivity index (χ3v) is 9.38. The topological polar surface area (TPSA) is 63.6 Å². The lowest BCUT2D eigenvalue weighted by Gasteiger charge is -2.44. The molecule has 0 bridgehead atoms. The van der Waals surface area contributed by atoms with Crippen LogP contribution in [0.2, 0.25) is 0 Å². The predicted molar refractivity (Wildman–Crippen MR) is 136 cm³/mol. The van der Waals surface area contributed by atoms with E-state index < -0.39 is 16.5 Å². The molecule has 3 rings (SSSR count). The van der Waals surface area contributed by atoms with Gasteiger partial charge < -0.3 is 0 Å². The summed E-state index contributed by atoms with van der Waals surface area (Å²) in [5.74, 6) is 3.22. The average Bonchev–Trinajstić information content (AvgIpc) is 3.08. The fourth-order valence-electron chi connectivity index (χ4n) is 6.49. The molecule has 0 aliphatic heterocycles. The van der Waals surface area contributed by atoms with E-state index >= 15 is 0 Å². The summed E-state index contributed by atoms with van der Waals surface area (Å²) in [5, 5.41) is 0. The van der Waals surface area contributed by atoms with Crippen molar-refractivity contribution in [2.24, 2.45) is 35.0 Å². The van der Waals surface area contributed by atoms with Gasteiger partial charge in [-0.3, -0.25) is 4.55 Å². The molecule has 4 nitrogen and oxygen atoms in total. The van der Waals surface area contributed by atoms with Crippen molar-refractivity contribution in [3.05, 3.63) is 47.6 Å². The summed E-state index contributed by atoms with van der Waals surface area (Å²) < 4.78 is 36.2. The first-order valence-electron chi connectivity index (χ1n) is 12.8. The van der Waals surface area contributed by atoms with Crippen molar-refractivity contribution in [3.8, 4) is 0 Å². The first kappa shape index (κ1) is 26.4. The second-order valence-corrected chi connectivity index (χ2v) is 12.4. The molecule has 0 unspecified atom stereocenters. The Morgan fingerprint density at radius 1 is 1.09 bits per heavy atom. The third kappa shape index (κ3) is 6.49. The van der Waals surface area contributed by atoms with Gasteiger partial charge in [0, 0.05) is 6.42 Å². The number of allylic oxidation sites excluding steroid dienone is 6. The molecule has 0 saturated heterocycles. The van der Waals surface area contributed by atoms with Gasteiger partial charge in [0.05, 0.1) is 6.10 Å². The quantitative estimate of drug-likeness (QED) is 0.306. The van der Waals surface area contributed by atoms with Crippen LogP contribution in [0.3, 0.4) is 0 Å². The Morgan fingerprint density at radius 2 is 1.82 bits per heavy atom. The van der Waals surface area contributed by atoms with E-state index in [0.29, 0.717) is 54.3 Å². The molecule has 1 N–H and O–H groups in total. The molecule has 3 aliphatic carbocycles. The van der Waals surface area contributed by atoms with Crippen molar-refractivity contribution in [3.63, 3.8) is 0 Å². The highest BCUT2D eigenvalue weighted by atomic mass is 32.3. The molecule has 0 amide bonds. The molecule has 0 radical (unpaired) electrons. The Labute approximate surface area is 202 Å². The Bertz CT molecular complexity index is 910. The standard InChI is InChI=1S/C28H44O4S/c1-19(2)20(3)9-10-22(5)26-15-16-27-23(8-7-17-28(26,27)6)12-13-24-18-25(14-11-21(24)4)32-33(29,30)31/h9-10,12-13,19-20,22,25-27H,4,7-8,11,14-18H2,1-3,5-6H3,(H,29,30,31)/b10-9+,23-12+,24-13?/t20-,22+,25-,26+,27-,28+/m0/s1. The Balaban J connectivity index is 1.75. The largest absolute Gasteiger partial charge is 0.397 e. The van der Waals surface area contributed by atoms with E-state index in [2.05, 4.69) is 65.5 Å². The van der Waals surface area contributed by atoms with Gasteiger partial charge in [-0.1, -0.05) is 76.6 Å². The lowest BCUT2D eigenvalue weighted by atomic mass is 9.61. The second-order valence-electron chi connectivity index (χ2n) is 11.4. The first-order chi connectivity index (χ1) is 15.4.